The molecule has 0 spiro atoms. The average Bonchev–Trinajstić information content (AvgIpc) is 2.46. The van der Waals surface area contributed by atoms with Crippen LogP contribution in [0.3, 0.4) is 0 Å². The molecular weight excluding hydrogens is 319 g/mol. The quantitative estimate of drug-likeness (QED) is 0.912. The molecule has 1 amide bonds. The summed E-state index contributed by atoms with van der Waals surface area (Å²) in [5, 5.41) is 2.69. The molecule has 0 radical (unpaired) electrons. The van der Waals surface area contributed by atoms with Gasteiger partial charge >= 0.3 is 0 Å². The zero-order valence-corrected chi connectivity index (χ0v) is 13.6. The molecule has 0 heterocycles. The van der Waals surface area contributed by atoms with Gasteiger partial charge < -0.3 is 5.32 Å². The van der Waals surface area contributed by atoms with Crippen LogP contribution < -0.4 is 9.62 Å². The Morgan fingerprint density at radius 1 is 1.17 bits per heavy atom. The number of amides is 1. The predicted molar refractivity (Wildman–Crippen MR) is 88.4 cm³/mol. The molecule has 122 valence electrons. The molecule has 7 heteroatoms. The van der Waals surface area contributed by atoms with Gasteiger partial charge in [0.25, 0.3) is 0 Å². The third-order valence-corrected chi connectivity index (χ3v) is 4.47. The highest BCUT2D eigenvalue weighted by molar-refractivity contribution is 7.92. The van der Waals surface area contributed by atoms with E-state index in [1.165, 1.54) is 19.2 Å². The van der Waals surface area contributed by atoms with Crippen LogP contribution in [0.2, 0.25) is 0 Å². The second-order valence-electron chi connectivity index (χ2n) is 5.13. The Balaban J connectivity index is 2.02. The number of carbonyl (C=O) groups excluding carboxylic acids is 1. The average molecular weight is 336 g/mol. The molecule has 1 N–H and O–H groups in total. The predicted octanol–water partition coefficient (Wildman–Crippen LogP) is 2.40. The fraction of sp³-hybridized carbons (Fsp3) is 0.188. The molecule has 0 unspecified atom stereocenters. The second kappa shape index (κ2) is 6.78. The molecule has 0 saturated carbocycles. The fourth-order valence-corrected chi connectivity index (χ4v) is 2.49. The number of carbonyl (C=O) groups is 1. The van der Waals surface area contributed by atoms with E-state index in [1.807, 2.05) is 0 Å². The van der Waals surface area contributed by atoms with Crippen LogP contribution in [-0.2, 0) is 21.2 Å². The Morgan fingerprint density at radius 3 is 2.39 bits per heavy atom. The van der Waals surface area contributed by atoms with Crippen molar-refractivity contribution >= 4 is 27.3 Å². The zero-order valence-electron chi connectivity index (χ0n) is 12.8. The topological polar surface area (TPSA) is 66.5 Å². The van der Waals surface area contributed by atoms with Crippen LogP contribution in [0.4, 0.5) is 15.8 Å². The highest BCUT2D eigenvalue weighted by Gasteiger charge is 2.12. The Morgan fingerprint density at radius 2 is 1.83 bits per heavy atom. The summed E-state index contributed by atoms with van der Waals surface area (Å²) < 4.78 is 37.1. The van der Waals surface area contributed by atoms with E-state index in [-0.39, 0.29) is 18.1 Å². The molecule has 0 atom stereocenters. The van der Waals surface area contributed by atoms with Gasteiger partial charge in [-0.1, -0.05) is 12.1 Å². The maximum Gasteiger partial charge on any atom is 0.231 e. The van der Waals surface area contributed by atoms with Crippen LogP contribution in [0.25, 0.3) is 0 Å². The van der Waals surface area contributed by atoms with E-state index >= 15 is 0 Å². The third kappa shape index (κ3) is 4.79. The molecule has 0 aliphatic carbocycles. The lowest BCUT2D eigenvalue weighted by Gasteiger charge is -2.16. The smallest absolute Gasteiger partial charge is 0.231 e. The number of rotatable bonds is 5. The maximum atomic E-state index is 13.1. The first-order valence-corrected chi connectivity index (χ1v) is 8.69. The summed E-state index contributed by atoms with van der Waals surface area (Å²) in [5.41, 5.74) is 1.61. The van der Waals surface area contributed by atoms with Gasteiger partial charge in [-0.3, -0.25) is 9.10 Å². The van der Waals surface area contributed by atoms with Gasteiger partial charge in [-0.05, 0) is 42.0 Å². The van der Waals surface area contributed by atoms with Gasteiger partial charge in [0.15, 0.2) is 0 Å². The summed E-state index contributed by atoms with van der Waals surface area (Å²) in [5.74, 6) is -0.664. The number of anilines is 2. The molecule has 2 aromatic carbocycles. The molecule has 5 nitrogen and oxygen atoms in total. The highest BCUT2D eigenvalue weighted by Crippen LogP contribution is 2.19. The largest absolute Gasteiger partial charge is 0.326 e. The van der Waals surface area contributed by atoms with E-state index in [9.17, 15) is 17.6 Å². The van der Waals surface area contributed by atoms with Gasteiger partial charge in [-0.2, -0.15) is 0 Å². The van der Waals surface area contributed by atoms with Crippen molar-refractivity contribution in [2.45, 2.75) is 6.42 Å². The molecule has 0 bridgehead atoms. The normalized spacial score (nSPS) is 11.1. The highest BCUT2D eigenvalue weighted by atomic mass is 32.2. The minimum atomic E-state index is -3.33. The molecule has 0 fully saturated rings. The number of benzene rings is 2. The van der Waals surface area contributed by atoms with Gasteiger partial charge in [0.05, 0.1) is 18.4 Å². The Bertz CT molecular complexity index is 804. The summed E-state index contributed by atoms with van der Waals surface area (Å²) in [6.07, 6.45) is 1.17. The van der Waals surface area contributed by atoms with Crippen molar-refractivity contribution in [1.29, 1.82) is 0 Å². The number of halogens is 1. The van der Waals surface area contributed by atoms with Crippen molar-refractivity contribution in [3.05, 3.63) is 59.9 Å². The summed E-state index contributed by atoms with van der Waals surface area (Å²) in [7, 11) is -1.87. The molecule has 0 aliphatic rings. The van der Waals surface area contributed by atoms with Crippen LogP contribution >= 0.6 is 0 Å². The van der Waals surface area contributed by atoms with Crippen molar-refractivity contribution < 1.29 is 17.6 Å². The summed E-state index contributed by atoms with van der Waals surface area (Å²) in [6.45, 7) is 0. The fourth-order valence-electron chi connectivity index (χ4n) is 1.98. The van der Waals surface area contributed by atoms with E-state index in [0.717, 1.165) is 10.6 Å². The summed E-state index contributed by atoms with van der Waals surface area (Å²) in [4.78, 5) is 11.9. The molecule has 2 aromatic rings. The standard InChI is InChI=1S/C16H17FN2O3S/c1-19(23(2,21)22)15-8-6-14(7-9-15)18-16(20)11-12-4-3-5-13(17)10-12/h3-10H,11H2,1-2H3,(H,18,20). The zero-order chi connectivity index (χ0) is 17.0. The van der Waals surface area contributed by atoms with Crippen LogP contribution in [0.5, 0.6) is 0 Å². The minimum absolute atomic E-state index is 0.0583. The second-order valence-corrected chi connectivity index (χ2v) is 7.15. The van der Waals surface area contributed by atoms with Crippen molar-refractivity contribution in [3.63, 3.8) is 0 Å². The van der Waals surface area contributed by atoms with Crippen molar-refractivity contribution in [2.75, 3.05) is 22.9 Å². The Kier molecular flexibility index (Phi) is 5.00. The third-order valence-electron chi connectivity index (χ3n) is 3.27. The van der Waals surface area contributed by atoms with Gasteiger partial charge in [0.1, 0.15) is 5.82 Å². The minimum Gasteiger partial charge on any atom is -0.326 e. The molecule has 0 aromatic heterocycles. The van der Waals surface area contributed by atoms with Crippen molar-refractivity contribution in [3.8, 4) is 0 Å². The molecular formula is C16H17FN2O3S. The van der Waals surface area contributed by atoms with Crippen LogP contribution in [0.15, 0.2) is 48.5 Å². The van der Waals surface area contributed by atoms with E-state index in [4.69, 9.17) is 0 Å². The number of sulfonamides is 1. The lowest BCUT2D eigenvalue weighted by Crippen LogP contribution is -2.24. The van der Waals surface area contributed by atoms with Crippen molar-refractivity contribution in [2.24, 2.45) is 0 Å². The first kappa shape index (κ1) is 17.0. The van der Waals surface area contributed by atoms with Crippen LogP contribution in [0.1, 0.15) is 5.56 Å². The van der Waals surface area contributed by atoms with Gasteiger partial charge in [0.2, 0.25) is 15.9 Å². The number of hydrogen-bond acceptors (Lipinski definition) is 3. The molecule has 23 heavy (non-hydrogen) atoms. The Labute approximate surface area is 134 Å². The SMILES string of the molecule is CN(c1ccc(NC(=O)Cc2cccc(F)c2)cc1)S(C)(=O)=O. The van der Waals surface area contributed by atoms with Gasteiger partial charge in [-0.15, -0.1) is 0 Å². The van der Waals surface area contributed by atoms with E-state index in [1.54, 1.807) is 36.4 Å². The Hall–Kier alpha value is -2.41. The van der Waals surface area contributed by atoms with Gasteiger partial charge in [0, 0.05) is 12.7 Å². The maximum absolute atomic E-state index is 13.1. The number of nitrogens with zero attached hydrogens (tertiary/aromatic N) is 1. The van der Waals surface area contributed by atoms with Crippen LogP contribution in [-0.4, -0.2) is 27.6 Å². The van der Waals surface area contributed by atoms with Crippen LogP contribution in [0, 0.1) is 5.82 Å². The van der Waals surface area contributed by atoms with E-state index < -0.39 is 10.0 Å². The monoisotopic (exact) mass is 336 g/mol. The van der Waals surface area contributed by atoms with E-state index in [0.29, 0.717) is 16.9 Å². The first-order chi connectivity index (χ1) is 10.8. The first-order valence-electron chi connectivity index (χ1n) is 6.84. The molecule has 0 saturated heterocycles. The molecule has 2 rings (SSSR count). The lowest BCUT2D eigenvalue weighted by molar-refractivity contribution is -0.115. The molecule has 0 aliphatic heterocycles. The lowest BCUT2D eigenvalue weighted by atomic mass is 10.1. The van der Waals surface area contributed by atoms with E-state index in [2.05, 4.69) is 5.32 Å². The van der Waals surface area contributed by atoms with Gasteiger partial charge in [-0.25, -0.2) is 12.8 Å². The number of nitrogens with one attached hydrogen (secondary N) is 1. The number of hydrogen-bond donors (Lipinski definition) is 1. The van der Waals surface area contributed by atoms with Crippen molar-refractivity contribution in [1.82, 2.24) is 0 Å². The summed E-state index contributed by atoms with van der Waals surface area (Å²) >= 11 is 0. The summed E-state index contributed by atoms with van der Waals surface area (Å²) in [6, 6.07) is 12.3.